The number of benzene rings is 2. The number of thiocarbonyl (C=S) groups is 1. The quantitative estimate of drug-likeness (QED) is 0.541. The van der Waals surface area contributed by atoms with E-state index in [2.05, 4.69) is 0 Å². The molecule has 26 heavy (non-hydrogen) atoms. The van der Waals surface area contributed by atoms with Crippen LogP contribution in [0.2, 0.25) is 0 Å². The van der Waals surface area contributed by atoms with Crippen LogP contribution >= 0.6 is 24.0 Å². The third-order valence-corrected chi connectivity index (χ3v) is 5.29. The van der Waals surface area contributed by atoms with Gasteiger partial charge in [0.15, 0.2) is 11.5 Å². The van der Waals surface area contributed by atoms with Crippen LogP contribution in [0, 0.1) is 0 Å². The Labute approximate surface area is 162 Å². The van der Waals surface area contributed by atoms with E-state index in [4.69, 9.17) is 21.7 Å². The van der Waals surface area contributed by atoms with Crippen molar-refractivity contribution < 1.29 is 14.3 Å². The van der Waals surface area contributed by atoms with Crippen LogP contribution in [0.4, 0.5) is 0 Å². The Hall–Kier alpha value is -2.31. The maximum atomic E-state index is 12.4. The van der Waals surface area contributed by atoms with Crippen LogP contribution in [-0.4, -0.2) is 28.8 Å². The highest BCUT2D eigenvalue weighted by atomic mass is 32.2. The largest absolute Gasteiger partial charge is 0.493 e. The van der Waals surface area contributed by atoms with Crippen LogP contribution in [0.1, 0.15) is 18.1 Å². The van der Waals surface area contributed by atoms with E-state index in [1.54, 1.807) is 12.0 Å². The first-order chi connectivity index (χ1) is 12.6. The van der Waals surface area contributed by atoms with Crippen LogP contribution in [0.3, 0.4) is 0 Å². The molecular weight excluding hydrogens is 366 g/mol. The molecule has 1 amide bonds. The van der Waals surface area contributed by atoms with Gasteiger partial charge < -0.3 is 9.47 Å². The summed E-state index contributed by atoms with van der Waals surface area (Å²) in [6, 6.07) is 15.5. The van der Waals surface area contributed by atoms with Crippen molar-refractivity contribution in [2.75, 3.05) is 13.7 Å². The molecule has 4 nitrogen and oxygen atoms in total. The molecular formula is C20H19NO3S2. The lowest BCUT2D eigenvalue weighted by Crippen LogP contribution is -2.27. The molecule has 0 unspecified atom stereocenters. The van der Waals surface area contributed by atoms with Gasteiger partial charge in [-0.05, 0) is 36.3 Å². The topological polar surface area (TPSA) is 38.8 Å². The fourth-order valence-corrected chi connectivity index (χ4v) is 3.94. The molecule has 6 heteroatoms. The second-order valence-electron chi connectivity index (χ2n) is 5.61. The monoisotopic (exact) mass is 385 g/mol. The molecule has 0 spiro atoms. The molecule has 0 radical (unpaired) electrons. The van der Waals surface area contributed by atoms with Crippen molar-refractivity contribution >= 4 is 40.3 Å². The summed E-state index contributed by atoms with van der Waals surface area (Å²) in [5.74, 6) is 1.24. The minimum atomic E-state index is -0.0509. The molecule has 2 aromatic rings. The molecule has 1 heterocycles. The molecule has 0 saturated carbocycles. The zero-order valence-electron chi connectivity index (χ0n) is 14.6. The first-order valence-electron chi connectivity index (χ1n) is 8.22. The fourth-order valence-electron chi connectivity index (χ4n) is 2.56. The molecule has 0 aliphatic carbocycles. The van der Waals surface area contributed by atoms with E-state index < -0.39 is 0 Å². The van der Waals surface area contributed by atoms with Crippen molar-refractivity contribution in [3.63, 3.8) is 0 Å². The summed E-state index contributed by atoms with van der Waals surface area (Å²) in [5.41, 5.74) is 1.94. The molecule has 0 N–H and O–H groups in total. The summed E-state index contributed by atoms with van der Waals surface area (Å²) in [4.78, 5) is 14.6. The summed E-state index contributed by atoms with van der Waals surface area (Å²) in [6.07, 6.45) is 1.84. The summed E-state index contributed by atoms with van der Waals surface area (Å²) in [7, 11) is 1.61. The Balaban J connectivity index is 1.82. The number of amides is 1. The zero-order valence-corrected chi connectivity index (χ0v) is 16.2. The van der Waals surface area contributed by atoms with Gasteiger partial charge in [-0.15, -0.1) is 0 Å². The standard InChI is InChI=1S/C20H19NO3S2/c1-3-21-19(22)18(26-20(21)25)12-15-9-10-16(23-2)17(11-15)24-13-14-7-5-4-6-8-14/h4-12H,3,13H2,1-2H3. The van der Waals surface area contributed by atoms with Gasteiger partial charge in [-0.2, -0.15) is 0 Å². The summed E-state index contributed by atoms with van der Waals surface area (Å²) < 4.78 is 11.9. The average molecular weight is 386 g/mol. The van der Waals surface area contributed by atoms with Gasteiger partial charge in [0.1, 0.15) is 10.9 Å². The van der Waals surface area contributed by atoms with E-state index >= 15 is 0 Å². The minimum absolute atomic E-state index is 0.0509. The predicted molar refractivity (Wildman–Crippen MR) is 109 cm³/mol. The van der Waals surface area contributed by atoms with Gasteiger partial charge in [0.2, 0.25) is 0 Å². The maximum absolute atomic E-state index is 12.4. The minimum Gasteiger partial charge on any atom is -0.493 e. The molecule has 3 rings (SSSR count). The van der Waals surface area contributed by atoms with Crippen LogP contribution in [0.25, 0.3) is 6.08 Å². The number of carbonyl (C=O) groups is 1. The average Bonchev–Trinajstić information content (AvgIpc) is 2.93. The third kappa shape index (κ3) is 4.08. The summed E-state index contributed by atoms with van der Waals surface area (Å²) in [6.45, 7) is 2.94. The first kappa shape index (κ1) is 18.5. The van der Waals surface area contributed by atoms with E-state index in [0.29, 0.717) is 33.9 Å². The van der Waals surface area contributed by atoms with Gasteiger partial charge in [-0.1, -0.05) is 60.4 Å². The lowest BCUT2D eigenvalue weighted by molar-refractivity contribution is -0.121. The van der Waals surface area contributed by atoms with E-state index in [0.717, 1.165) is 11.1 Å². The van der Waals surface area contributed by atoms with E-state index in [1.807, 2.05) is 61.5 Å². The molecule has 134 valence electrons. The van der Waals surface area contributed by atoms with Crippen LogP contribution in [0.5, 0.6) is 11.5 Å². The van der Waals surface area contributed by atoms with Crippen molar-refractivity contribution in [2.24, 2.45) is 0 Å². The molecule has 1 saturated heterocycles. The number of thioether (sulfide) groups is 1. The third-order valence-electron chi connectivity index (χ3n) is 3.91. The highest BCUT2D eigenvalue weighted by Gasteiger charge is 2.30. The maximum Gasteiger partial charge on any atom is 0.266 e. The highest BCUT2D eigenvalue weighted by Crippen LogP contribution is 2.34. The SMILES string of the molecule is CCN1C(=O)C(=Cc2ccc(OC)c(OCc3ccccc3)c2)SC1=S. The first-order valence-corrected chi connectivity index (χ1v) is 9.45. The van der Waals surface area contributed by atoms with Gasteiger partial charge >= 0.3 is 0 Å². The van der Waals surface area contributed by atoms with Gasteiger partial charge in [-0.25, -0.2) is 0 Å². The summed E-state index contributed by atoms with van der Waals surface area (Å²) in [5, 5.41) is 0. The Morgan fingerprint density at radius 1 is 1.15 bits per heavy atom. The number of nitrogens with zero attached hydrogens (tertiary/aromatic N) is 1. The zero-order chi connectivity index (χ0) is 18.5. The van der Waals surface area contributed by atoms with Crippen LogP contribution < -0.4 is 9.47 Å². The number of carbonyl (C=O) groups excluding carboxylic acids is 1. The van der Waals surface area contributed by atoms with Crippen molar-refractivity contribution in [3.05, 3.63) is 64.6 Å². The van der Waals surface area contributed by atoms with Crippen LogP contribution in [0.15, 0.2) is 53.4 Å². The van der Waals surface area contributed by atoms with Crippen molar-refractivity contribution in [1.29, 1.82) is 0 Å². The lowest BCUT2D eigenvalue weighted by Gasteiger charge is -2.12. The van der Waals surface area contributed by atoms with Crippen molar-refractivity contribution in [2.45, 2.75) is 13.5 Å². The van der Waals surface area contributed by atoms with Crippen molar-refractivity contribution in [1.82, 2.24) is 4.90 Å². The molecule has 0 bridgehead atoms. The molecule has 1 fully saturated rings. The smallest absolute Gasteiger partial charge is 0.266 e. The van der Waals surface area contributed by atoms with E-state index in [1.165, 1.54) is 11.8 Å². The Morgan fingerprint density at radius 3 is 2.58 bits per heavy atom. The molecule has 0 atom stereocenters. The number of likely N-dealkylation sites (N-methyl/N-ethyl adjacent to an activating group) is 1. The Morgan fingerprint density at radius 2 is 1.92 bits per heavy atom. The Kier molecular flexibility index (Phi) is 5.96. The second kappa shape index (κ2) is 8.38. The van der Waals surface area contributed by atoms with E-state index in [-0.39, 0.29) is 5.91 Å². The normalized spacial score (nSPS) is 15.6. The molecule has 1 aliphatic heterocycles. The summed E-state index contributed by atoms with van der Waals surface area (Å²) >= 11 is 6.58. The predicted octanol–water partition coefficient (Wildman–Crippen LogP) is 4.50. The number of methoxy groups -OCH3 is 1. The van der Waals surface area contributed by atoms with Crippen LogP contribution in [-0.2, 0) is 11.4 Å². The van der Waals surface area contributed by atoms with Gasteiger partial charge in [-0.3, -0.25) is 9.69 Å². The highest BCUT2D eigenvalue weighted by molar-refractivity contribution is 8.26. The molecule has 1 aliphatic rings. The van der Waals surface area contributed by atoms with Crippen molar-refractivity contribution in [3.8, 4) is 11.5 Å². The van der Waals surface area contributed by atoms with Gasteiger partial charge in [0.05, 0.1) is 12.0 Å². The number of hydrogen-bond acceptors (Lipinski definition) is 5. The number of rotatable bonds is 6. The van der Waals surface area contributed by atoms with E-state index in [9.17, 15) is 4.79 Å². The molecule has 2 aromatic carbocycles. The number of hydrogen-bond donors (Lipinski definition) is 0. The number of ether oxygens (including phenoxy) is 2. The Bertz CT molecular complexity index is 849. The second-order valence-corrected chi connectivity index (χ2v) is 7.29. The van der Waals surface area contributed by atoms with Gasteiger partial charge in [0, 0.05) is 6.54 Å². The van der Waals surface area contributed by atoms with Gasteiger partial charge in [0.25, 0.3) is 5.91 Å². The fraction of sp³-hybridized carbons (Fsp3) is 0.200. The molecule has 0 aromatic heterocycles. The lowest BCUT2D eigenvalue weighted by atomic mass is 10.1.